The van der Waals surface area contributed by atoms with E-state index in [9.17, 15) is 14.4 Å². The largest absolute Gasteiger partial charge is 0.356 e. The molecule has 0 aliphatic heterocycles. The molecule has 1 heterocycles. The molecule has 0 saturated heterocycles. The Labute approximate surface area is 108 Å². The Kier molecular flexibility index (Phi) is 2.71. The molecule has 7 heteroatoms. The van der Waals surface area contributed by atoms with Crippen molar-refractivity contribution in [1.29, 1.82) is 0 Å². The molecule has 2 aromatic carbocycles. The minimum absolute atomic E-state index is 0.0239. The van der Waals surface area contributed by atoms with E-state index in [1.165, 1.54) is 18.3 Å². The van der Waals surface area contributed by atoms with Crippen molar-refractivity contribution in [3.8, 4) is 11.3 Å². The van der Waals surface area contributed by atoms with Crippen LogP contribution in [0.3, 0.4) is 0 Å². The molecule has 96 valence electrons. The normalized spacial score (nSPS) is 11.9. The summed E-state index contributed by atoms with van der Waals surface area (Å²) in [5, 5.41) is 11.8. The minimum Gasteiger partial charge on any atom is -0.321 e. The highest BCUT2D eigenvalue weighted by Gasteiger charge is 2.20. The van der Waals surface area contributed by atoms with Gasteiger partial charge in [0.2, 0.25) is 0 Å². The molecule has 0 amide bonds. The Bertz CT molecular complexity index is 780. The van der Waals surface area contributed by atoms with Crippen molar-refractivity contribution >= 4 is 23.7 Å². The smallest absolute Gasteiger partial charge is 0.321 e. The Morgan fingerprint density at radius 2 is 1.95 bits per heavy atom. The van der Waals surface area contributed by atoms with Gasteiger partial charge in [0.05, 0.1) is 11.5 Å². The third-order valence-electron chi connectivity index (χ3n) is 2.87. The second-order valence-corrected chi connectivity index (χ2v) is 5.72. The maximum Gasteiger partial charge on any atom is 0.356 e. The maximum atomic E-state index is 11.4. The summed E-state index contributed by atoms with van der Waals surface area (Å²) in [6.07, 6.45) is 1.52. The number of rotatable bonds is 2. The number of aromatic amines is 1. The van der Waals surface area contributed by atoms with Crippen LogP contribution in [-0.2, 0) is 4.57 Å². The van der Waals surface area contributed by atoms with E-state index in [2.05, 4.69) is 15.4 Å². The summed E-state index contributed by atoms with van der Waals surface area (Å²) in [6, 6.07) is 10.3. The quantitative estimate of drug-likeness (QED) is 0.614. The van der Waals surface area contributed by atoms with Gasteiger partial charge in [-0.25, -0.2) is 0 Å². The van der Waals surface area contributed by atoms with Gasteiger partial charge in [-0.1, -0.05) is 24.3 Å². The van der Waals surface area contributed by atoms with Crippen molar-refractivity contribution in [3.63, 3.8) is 0 Å². The Hall–Kier alpha value is -2.01. The summed E-state index contributed by atoms with van der Waals surface area (Å²) < 4.78 is 11.4. The van der Waals surface area contributed by atoms with Crippen LogP contribution in [0.5, 0.6) is 0 Å². The zero-order chi connectivity index (χ0) is 13.5. The van der Waals surface area contributed by atoms with Crippen molar-refractivity contribution in [3.05, 3.63) is 42.6 Å². The van der Waals surface area contributed by atoms with E-state index in [1.807, 2.05) is 18.2 Å². The van der Waals surface area contributed by atoms with Crippen LogP contribution >= 0.6 is 7.60 Å². The number of benzene rings is 2. The lowest BCUT2D eigenvalue weighted by Gasteiger charge is -2.09. The van der Waals surface area contributed by atoms with Crippen LogP contribution in [0, 0.1) is 0 Å². The first-order valence-electron chi connectivity index (χ1n) is 5.51. The number of aromatic nitrogens is 3. The van der Waals surface area contributed by atoms with Gasteiger partial charge in [0.15, 0.2) is 0 Å². The molecule has 6 nitrogen and oxygen atoms in total. The van der Waals surface area contributed by atoms with E-state index in [-0.39, 0.29) is 5.30 Å². The summed E-state index contributed by atoms with van der Waals surface area (Å²) in [5.41, 5.74) is 1.19. The summed E-state index contributed by atoms with van der Waals surface area (Å²) in [6.45, 7) is 0. The van der Waals surface area contributed by atoms with Gasteiger partial charge in [-0.15, -0.1) is 0 Å². The van der Waals surface area contributed by atoms with E-state index in [0.717, 1.165) is 10.8 Å². The number of hydrogen-bond acceptors (Lipinski definition) is 3. The van der Waals surface area contributed by atoms with Crippen LogP contribution in [0.15, 0.2) is 42.6 Å². The molecule has 0 atom stereocenters. The number of nitrogens with zero attached hydrogens (tertiary/aromatic N) is 2. The summed E-state index contributed by atoms with van der Waals surface area (Å²) in [5.74, 6) is 0. The first-order valence-corrected chi connectivity index (χ1v) is 7.12. The van der Waals surface area contributed by atoms with Crippen LogP contribution in [0.2, 0.25) is 0 Å². The average Bonchev–Trinajstić information content (AvgIpc) is 2.90. The SMILES string of the molecule is O=P(O)(O)c1cc(-c2cn[nH]n2)c2ccccc2c1. The fraction of sp³-hybridized carbons (Fsp3) is 0. The van der Waals surface area contributed by atoms with Gasteiger partial charge >= 0.3 is 7.60 Å². The molecule has 0 radical (unpaired) electrons. The molecule has 3 N–H and O–H groups in total. The first kappa shape index (κ1) is 12.0. The molecule has 19 heavy (non-hydrogen) atoms. The molecule has 0 unspecified atom stereocenters. The van der Waals surface area contributed by atoms with Gasteiger partial charge in [0.1, 0.15) is 5.69 Å². The molecule has 0 fully saturated rings. The summed E-state index contributed by atoms with van der Waals surface area (Å²) in [4.78, 5) is 18.7. The Morgan fingerprint density at radius 1 is 1.16 bits per heavy atom. The highest BCUT2D eigenvalue weighted by atomic mass is 31.2. The average molecular weight is 275 g/mol. The van der Waals surface area contributed by atoms with Gasteiger partial charge in [-0.3, -0.25) is 4.57 Å². The lowest BCUT2D eigenvalue weighted by atomic mass is 10.0. The predicted octanol–water partition coefficient (Wildman–Crippen LogP) is 1.43. The van der Waals surface area contributed by atoms with Crippen LogP contribution in [0.4, 0.5) is 0 Å². The molecular weight excluding hydrogens is 265 g/mol. The molecule has 3 aromatic rings. The molecule has 0 saturated carbocycles. The monoisotopic (exact) mass is 275 g/mol. The van der Waals surface area contributed by atoms with Crippen molar-refractivity contribution in [2.75, 3.05) is 0 Å². The number of hydrogen-bond donors (Lipinski definition) is 3. The van der Waals surface area contributed by atoms with E-state index in [4.69, 9.17) is 0 Å². The van der Waals surface area contributed by atoms with E-state index < -0.39 is 7.60 Å². The zero-order valence-corrected chi connectivity index (χ0v) is 10.6. The van der Waals surface area contributed by atoms with Crippen LogP contribution in [0.25, 0.3) is 22.0 Å². The number of fused-ring (bicyclic) bond motifs is 1. The molecule has 0 aliphatic rings. The zero-order valence-electron chi connectivity index (χ0n) is 9.69. The Balaban J connectivity index is 2.38. The molecule has 0 spiro atoms. The number of H-pyrrole nitrogens is 1. The topological polar surface area (TPSA) is 99.1 Å². The predicted molar refractivity (Wildman–Crippen MR) is 71.0 cm³/mol. The van der Waals surface area contributed by atoms with E-state index in [1.54, 1.807) is 6.07 Å². The van der Waals surface area contributed by atoms with Gasteiger partial charge in [-0.05, 0) is 22.9 Å². The van der Waals surface area contributed by atoms with E-state index in [0.29, 0.717) is 11.3 Å². The molecule has 1 aromatic heterocycles. The van der Waals surface area contributed by atoms with Gasteiger partial charge in [0.25, 0.3) is 0 Å². The first-order chi connectivity index (χ1) is 9.05. The Morgan fingerprint density at radius 3 is 2.63 bits per heavy atom. The summed E-state index contributed by atoms with van der Waals surface area (Å²) >= 11 is 0. The number of nitrogens with one attached hydrogen (secondary N) is 1. The second kappa shape index (κ2) is 4.28. The van der Waals surface area contributed by atoms with Crippen molar-refractivity contribution in [2.45, 2.75) is 0 Å². The molecule has 0 aliphatic carbocycles. The molecule has 3 rings (SSSR count). The highest BCUT2D eigenvalue weighted by molar-refractivity contribution is 7.60. The fourth-order valence-electron chi connectivity index (χ4n) is 2.01. The minimum atomic E-state index is -4.31. The van der Waals surface area contributed by atoms with Crippen LogP contribution < -0.4 is 5.30 Å². The highest BCUT2D eigenvalue weighted by Crippen LogP contribution is 2.37. The van der Waals surface area contributed by atoms with Crippen molar-refractivity contribution in [1.82, 2.24) is 15.4 Å². The van der Waals surface area contributed by atoms with Gasteiger partial charge in [-0.2, -0.15) is 15.4 Å². The molecule has 0 bridgehead atoms. The van der Waals surface area contributed by atoms with Gasteiger partial charge in [0, 0.05) is 5.56 Å². The van der Waals surface area contributed by atoms with Crippen LogP contribution in [-0.4, -0.2) is 25.2 Å². The standard InChI is InChI=1S/C12H10N3O3P/c16-19(17,18)9-5-8-3-1-2-4-10(8)11(6-9)12-7-13-15-14-12/h1-7H,(H,13,14,15)(H2,16,17,18). The maximum absolute atomic E-state index is 11.4. The third-order valence-corrected chi connectivity index (χ3v) is 3.80. The fourth-order valence-corrected chi connectivity index (χ4v) is 2.61. The van der Waals surface area contributed by atoms with Gasteiger partial charge < -0.3 is 9.79 Å². The van der Waals surface area contributed by atoms with Crippen molar-refractivity contribution < 1.29 is 14.4 Å². The van der Waals surface area contributed by atoms with E-state index >= 15 is 0 Å². The van der Waals surface area contributed by atoms with Crippen LogP contribution in [0.1, 0.15) is 0 Å². The second-order valence-electron chi connectivity index (χ2n) is 4.11. The molecular formula is C12H10N3O3P. The third kappa shape index (κ3) is 2.17. The lowest BCUT2D eigenvalue weighted by molar-refractivity contribution is 0.387. The lowest BCUT2D eigenvalue weighted by Crippen LogP contribution is -2.04. The van der Waals surface area contributed by atoms with Crippen molar-refractivity contribution in [2.24, 2.45) is 0 Å². The summed E-state index contributed by atoms with van der Waals surface area (Å²) in [7, 11) is -4.31.